The highest BCUT2D eigenvalue weighted by atomic mass is 16.3. The molecule has 1 saturated carbocycles. The van der Waals surface area contributed by atoms with Crippen LogP contribution in [0.4, 0.5) is 0 Å². The topological polar surface area (TPSA) is 45.5 Å². The number of hydrogen-bond acceptors (Lipinski definition) is 3. The van der Waals surface area contributed by atoms with Crippen LogP contribution in [0.5, 0.6) is 5.75 Å². The summed E-state index contributed by atoms with van der Waals surface area (Å²) in [6.07, 6.45) is 8.88. The monoisotopic (exact) mass is 306 g/mol. The van der Waals surface area contributed by atoms with Crippen molar-refractivity contribution in [3.05, 3.63) is 28.2 Å². The van der Waals surface area contributed by atoms with Gasteiger partial charge in [-0.1, -0.05) is 33.1 Å². The van der Waals surface area contributed by atoms with Gasteiger partial charge in [-0.2, -0.15) is 0 Å². The van der Waals surface area contributed by atoms with Gasteiger partial charge in [0.25, 0.3) is 0 Å². The van der Waals surface area contributed by atoms with E-state index in [4.69, 9.17) is 0 Å². The molecule has 2 atom stereocenters. The Morgan fingerprint density at radius 1 is 1.36 bits per heavy atom. The number of nitrogens with zero attached hydrogens (tertiary/aromatic N) is 2. The summed E-state index contributed by atoms with van der Waals surface area (Å²) in [5.74, 6) is 0.466. The molecule has 0 radical (unpaired) electrons. The molecule has 4 nitrogen and oxygen atoms in total. The van der Waals surface area contributed by atoms with Gasteiger partial charge in [0, 0.05) is 24.3 Å². The number of pyridine rings is 1. The molecule has 0 spiro atoms. The van der Waals surface area contributed by atoms with Crippen molar-refractivity contribution in [3.8, 4) is 5.75 Å². The quantitative estimate of drug-likeness (QED) is 0.874. The van der Waals surface area contributed by atoms with Gasteiger partial charge in [0.15, 0.2) is 5.75 Å². The highest BCUT2D eigenvalue weighted by Crippen LogP contribution is 2.34. The predicted molar refractivity (Wildman–Crippen MR) is 90.3 cm³/mol. The first kappa shape index (κ1) is 17.1. The maximum absolute atomic E-state index is 11.9. The lowest BCUT2D eigenvalue weighted by molar-refractivity contribution is 0.236. The summed E-state index contributed by atoms with van der Waals surface area (Å²) in [4.78, 5) is 14.1. The first-order valence-corrected chi connectivity index (χ1v) is 8.65. The molecule has 1 N–H and O–H groups in total. The lowest BCUT2D eigenvalue weighted by atomic mass is 9.85. The fourth-order valence-electron chi connectivity index (χ4n) is 3.51. The number of aromatic nitrogens is 1. The molecule has 22 heavy (non-hydrogen) atoms. The lowest BCUT2D eigenvalue weighted by Gasteiger charge is -2.33. The molecule has 124 valence electrons. The summed E-state index contributed by atoms with van der Waals surface area (Å²) in [5, 5.41) is 9.87. The first-order valence-electron chi connectivity index (χ1n) is 8.65. The molecule has 1 aliphatic rings. The molecule has 1 heterocycles. The maximum Gasteiger partial charge on any atom is 0.223 e. The number of unbranched alkanes of at least 4 members (excludes halogenated alkanes) is 1. The molecule has 0 aromatic carbocycles. The van der Waals surface area contributed by atoms with Crippen LogP contribution in [0.3, 0.4) is 0 Å². The highest BCUT2D eigenvalue weighted by molar-refractivity contribution is 5.21. The third kappa shape index (κ3) is 4.13. The normalized spacial score (nSPS) is 22.2. The minimum absolute atomic E-state index is 0.127. The molecule has 4 heteroatoms. The van der Waals surface area contributed by atoms with Gasteiger partial charge in [0.1, 0.15) is 0 Å². The molecule has 0 amide bonds. The van der Waals surface area contributed by atoms with Crippen LogP contribution >= 0.6 is 0 Å². The van der Waals surface area contributed by atoms with E-state index in [2.05, 4.69) is 30.4 Å². The molecule has 0 aliphatic heterocycles. The maximum atomic E-state index is 11.9. The first-order chi connectivity index (χ1) is 10.5. The Balaban J connectivity index is 2.26. The highest BCUT2D eigenvalue weighted by Gasteiger charge is 2.24. The number of aromatic hydroxyl groups is 1. The summed E-state index contributed by atoms with van der Waals surface area (Å²) in [5.41, 5.74) is 0.763. The van der Waals surface area contributed by atoms with Crippen LogP contribution in [0, 0.1) is 5.92 Å². The van der Waals surface area contributed by atoms with Crippen LogP contribution in [0.25, 0.3) is 0 Å². The van der Waals surface area contributed by atoms with Crippen molar-refractivity contribution in [1.82, 2.24) is 9.47 Å². The average Bonchev–Trinajstić information content (AvgIpc) is 2.49. The molecule has 1 aromatic rings. The van der Waals surface area contributed by atoms with Gasteiger partial charge in [0.05, 0.1) is 6.20 Å². The summed E-state index contributed by atoms with van der Waals surface area (Å²) in [6.45, 7) is 6.27. The Hall–Kier alpha value is -1.29. The molecule has 0 bridgehead atoms. The largest absolute Gasteiger partial charge is 0.503 e. The van der Waals surface area contributed by atoms with E-state index in [0.717, 1.165) is 25.2 Å². The predicted octanol–water partition coefficient (Wildman–Crippen LogP) is 3.54. The fraction of sp³-hybridized carbons (Fsp3) is 0.722. The van der Waals surface area contributed by atoms with Crippen LogP contribution in [0.15, 0.2) is 17.1 Å². The fourth-order valence-corrected chi connectivity index (χ4v) is 3.51. The molecule has 2 rings (SSSR count). The molecular formula is C18H30N2O2. The number of hydrogen-bond donors (Lipinski definition) is 1. The Bertz CT molecular complexity index is 538. The van der Waals surface area contributed by atoms with Crippen LogP contribution in [-0.2, 0) is 6.54 Å². The minimum atomic E-state index is -0.265. The van der Waals surface area contributed by atoms with E-state index in [1.807, 2.05) is 0 Å². The van der Waals surface area contributed by atoms with E-state index in [1.54, 1.807) is 12.3 Å². The molecular weight excluding hydrogens is 276 g/mol. The van der Waals surface area contributed by atoms with E-state index < -0.39 is 0 Å². The summed E-state index contributed by atoms with van der Waals surface area (Å²) >= 11 is 0. The molecule has 1 aromatic heterocycles. The van der Waals surface area contributed by atoms with Crippen molar-refractivity contribution in [3.63, 3.8) is 0 Å². The van der Waals surface area contributed by atoms with Gasteiger partial charge in [-0.15, -0.1) is 0 Å². The SMILES string of the molecule is CCCCN(C)Cc1cc(=O)c(O)cn1C1CCCCC1C. The Kier molecular flexibility index (Phi) is 6.07. The van der Waals surface area contributed by atoms with E-state index in [9.17, 15) is 9.90 Å². The van der Waals surface area contributed by atoms with Gasteiger partial charge in [-0.3, -0.25) is 4.79 Å². The van der Waals surface area contributed by atoms with Crippen molar-refractivity contribution < 1.29 is 5.11 Å². The third-order valence-electron chi connectivity index (χ3n) is 4.89. The zero-order valence-electron chi connectivity index (χ0n) is 14.2. The second kappa shape index (κ2) is 7.82. The van der Waals surface area contributed by atoms with Crippen LogP contribution < -0.4 is 5.43 Å². The summed E-state index contributed by atoms with van der Waals surface area (Å²) in [7, 11) is 2.10. The molecule has 1 fully saturated rings. The van der Waals surface area contributed by atoms with Crippen LogP contribution in [0.1, 0.15) is 64.1 Å². The van der Waals surface area contributed by atoms with Crippen LogP contribution in [-0.4, -0.2) is 28.2 Å². The van der Waals surface area contributed by atoms with Gasteiger partial charge >= 0.3 is 0 Å². The van der Waals surface area contributed by atoms with Crippen molar-refractivity contribution in [2.75, 3.05) is 13.6 Å². The van der Waals surface area contributed by atoms with Crippen molar-refractivity contribution in [2.45, 2.75) is 65.0 Å². The second-order valence-electron chi connectivity index (χ2n) is 6.84. The molecule has 1 aliphatic carbocycles. The van der Waals surface area contributed by atoms with Gasteiger partial charge in [-0.25, -0.2) is 0 Å². The van der Waals surface area contributed by atoms with Crippen molar-refractivity contribution in [2.24, 2.45) is 5.92 Å². The zero-order chi connectivity index (χ0) is 16.1. The van der Waals surface area contributed by atoms with Gasteiger partial charge < -0.3 is 14.6 Å². The number of rotatable bonds is 6. The Morgan fingerprint density at radius 2 is 2.09 bits per heavy atom. The third-order valence-corrected chi connectivity index (χ3v) is 4.89. The zero-order valence-corrected chi connectivity index (χ0v) is 14.2. The lowest BCUT2D eigenvalue weighted by Crippen LogP contribution is -2.28. The summed E-state index contributed by atoms with van der Waals surface area (Å²) in [6, 6.07) is 2.02. The van der Waals surface area contributed by atoms with E-state index in [-0.39, 0.29) is 11.2 Å². The van der Waals surface area contributed by atoms with E-state index in [0.29, 0.717) is 12.0 Å². The average molecular weight is 306 g/mol. The Morgan fingerprint density at radius 3 is 2.77 bits per heavy atom. The van der Waals surface area contributed by atoms with Gasteiger partial charge in [0.2, 0.25) is 5.43 Å². The standard InChI is InChI=1S/C18H30N2O2/c1-4-5-10-19(3)12-15-11-17(21)18(22)13-20(15)16-9-7-6-8-14(16)2/h11,13-14,16,22H,4-10,12H2,1-3H3. The smallest absolute Gasteiger partial charge is 0.223 e. The van der Waals surface area contributed by atoms with Crippen molar-refractivity contribution in [1.29, 1.82) is 0 Å². The van der Waals surface area contributed by atoms with E-state index in [1.165, 1.54) is 32.1 Å². The molecule has 0 saturated heterocycles. The van der Waals surface area contributed by atoms with E-state index >= 15 is 0 Å². The minimum Gasteiger partial charge on any atom is -0.503 e. The summed E-state index contributed by atoms with van der Waals surface area (Å²) < 4.78 is 2.17. The molecule has 2 unspecified atom stereocenters. The van der Waals surface area contributed by atoms with Crippen molar-refractivity contribution >= 4 is 0 Å². The van der Waals surface area contributed by atoms with Gasteiger partial charge in [-0.05, 0) is 38.8 Å². The van der Waals surface area contributed by atoms with Crippen LogP contribution in [0.2, 0.25) is 0 Å². The second-order valence-corrected chi connectivity index (χ2v) is 6.84. The Labute approximate surface area is 133 Å².